The summed E-state index contributed by atoms with van der Waals surface area (Å²) in [7, 11) is 0. The minimum absolute atomic E-state index is 0.254. The molecule has 0 aromatic carbocycles. The summed E-state index contributed by atoms with van der Waals surface area (Å²) in [5.74, 6) is 0.950. The maximum absolute atomic E-state index is 8.65. The second-order valence-corrected chi connectivity index (χ2v) is 4.14. The molecule has 0 aliphatic rings. The van der Waals surface area contributed by atoms with Gasteiger partial charge in [-0.2, -0.15) is 0 Å². The predicted molar refractivity (Wildman–Crippen MR) is 58.7 cm³/mol. The molecule has 6 heteroatoms. The predicted octanol–water partition coefficient (Wildman–Crippen LogP) is 1.22. The molecule has 2 rings (SSSR count). The van der Waals surface area contributed by atoms with Crippen molar-refractivity contribution in [1.82, 2.24) is 19.9 Å². The summed E-state index contributed by atoms with van der Waals surface area (Å²) in [6, 6.07) is 0. The lowest BCUT2D eigenvalue weighted by Crippen LogP contribution is -1.89. The lowest BCUT2D eigenvalue weighted by atomic mass is 10.4. The molecule has 0 unspecified atom stereocenters. The Morgan fingerprint density at radius 2 is 2.20 bits per heavy atom. The van der Waals surface area contributed by atoms with E-state index in [9.17, 15) is 0 Å². The van der Waals surface area contributed by atoms with Crippen molar-refractivity contribution in [3.8, 4) is 0 Å². The Morgan fingerprint density at radius 3 is 3.07 bits per heavy atom. The summed E-state index contributed by atoms with van der Waals surface area (Å²) in [5, 5.41) is 9.58. The van der Waals surface area contributed by atoms with Crippen LogP contribution in [0.5, 0.6) is 0 Å². The van der Waals surface area contributed by atoms with E-state index in [1.807, 2.05) is 0 Å². The maximum Gasteiger partial charge on any atom is 0.181 e. The van der Waals surface area contributed by atoms with Gasteiger partial charge in [-0.15, -0.1) is 11.8 Å². The van der Waals surface area contributed by atoms with Crippen LogP contribution in [0, 0.1) is 0 Å². The van der Waals surface area contributed by atoms with Crippen molar-refractivity contribution in [2.75, 3.05) is 12.4 Å². The van der Waals surface area contributed by atoms with E-state index in [4.69, 9.17) is 5.11 Å². The second kappa shape index (κ2) is 5.09. The van der Waals surface area contributed by atoms with Crippen molar-refractivity contribution in [3.05, 3.63) is 12.7 Å². The fourth-order valence-electron chi connectivity index (χ4n) is 1.24. The highest BCUT2D eigenvalue weighted by Crippen LogP contribution is 2.22. The number of rotatable bonds is 5. The number of nitrogens with one attached hydrogen (secondary N) is 1. The average Bonchev–Trinajstić information content (AvgIpc) is 2.73. The van der Waals surface area contributed by atoms with Crippen molar-refractivity contribution < 1.29 is 5.11 Å². The van der Waals surface area contributed by atoms with Gasteiger partial charge in [-0.25, -0.2) is 15.0 Å². The molecule has 0 radical (unpaired) electrons. The molecule has 0 atom stereocenters. The van der Waals surface area contributed by atoms with Crippen molar-refractivity contribution in [2.45, 2.75) is 17.9 Å². The Hall–Kier alpha value is -1.14. The Bertz CT molecular complexity index is 431. The average molecular weight is 224 g/mol. The maximum atomic E-state index is 8.65. The van der Waals surface area contributed by atoms with Crippen LogP contribution in [0.3, 0.4) is 0 Å². The van der Waals surface area contributed by atoms with Crippen LogP contribution in [0.1, 0.15) is 12.8 Å². The number of hydrogen-bond acceptors (Lipinski definition) is 5. The number of unbranched alkanes of at least 4 members (excludes halogenated alkanes) is 1. The summed E-state index contributed by atoms with van der Waals surface area (Å²) < 4.78 is 0. The zero-order chi connectivity index (χ0) is 10.5. The first-order chi connectivity index (χ1) is 7.42. The number of fused-ring (bicyclic) bond motifs is 1. The second-order valence-electron chi connectivity index (χ2n) is 3.06. The first-order valence-corrected chi connectivity index (χ1v) is 5.78. The van der Waals surface area contributed by atoms with E-state index in [2.05, 4.69) is 19.9 Å². The molecule has 2 N–H and O–H groups in total. The van der Waals surface area contributed by atoms with Crippen molar-refractivity contribution in [3.63, 3.8) is 0 Å². The summed E-state index contributed by atoms with van der Waals surface area (Å²) in [6.45, 7) is 0.254. The van der Waals surface area contributed by atoms with Crippen LogP contribution in [-0.4, -0.2) is 37.4 Å². The van der Waals surface area contributed by atoms with Gasteiger partial charge in [0.25, 0.3) is 0 Å². The van der Waals surface area contributed by atoms with Crippen LogP contribution < -0.4 is 0 Å². The molecule has 0 saturated carbocycles. The normalized spacial score (nSPS) is 11.0. The largest absolute Gasteiger partial charge is 0.396 e. The number of nitrogens with zero attached hydrogens (tertiary/aromatic N) is 3. The highest BCUT2D eigenvalue weighted by molar-refractivity contribution is 7.99. The Kier molecular flexibility index (Phi) is 3.52. The van der Waals surface area contributed by atoms with E-state index in [-0.39, 0.29) is 6.61 Å². The minimum atomic E-state index is 0.254. The van der Waals surface area contributed by atoms with Gasteiger partial charge in [0.05, 0.1) is 6.33 Å². The molecule has 2 aromatic rings. The van der Waals surface area contributed by atoms with Gasteiger partial charge in [-0.05, 0) is 18.6 Å². The van der Waals surface area contributed by atoms with Crippen LogP contribution in [0.15, 0.2) is 17.7 Å². The lowest BCUT2D eigenvalue weighted by Gasteiger charge is -2.00. The first kappa shape index (κ1) is 10.4. The van der Waals surface area contributed by atoms with E-state index < -0.39 is 0 Å². The number of imidazole rings is 1. The Morgan fingerprint density at radius 1 is 1.27 bits per heavy atom. The lowest BCUT2D eigenvalue weighted by molar-refractivity contribution is 0.287. The number of H-pyrrole nitrogens is 1. The number of aliphatic hydroxyl groups is 1. The van der Waals surface area contributed by atoms with Crippen LogP contribution in [0.2, 0.25) is 0 Å². The third-order valence-electron chi connectivity index (χ3n) is 1.98. The summed E-state index contributed by atoms with van der Waals surface area (Å²) in [5.41, 5.74) is 1.60. The van der Waals surface area contributed by atoms with E-state index in [1.54, 1.807) is 18.1 Å². The third-order valence-corrected chi connectivity index (χ3v) is 3.06. The molecule has 0 aliphatic heterocycles. The van der Waals surface area contributed by atoms with Gasteiger partial charge >= 0.3 is 0 Å². The van der Waals surface area contributed by atoms with Gasteiger partial charge in [0, 0.05) is 6.61 Å². The van der Waals surface area contributed by atoms with Crippen LogP contribution in [0.4, 0.5) is 0 Å². The molecule has 0 amide bonds. The molecular weight excluding hydrogens is 212 g/mol. The van der Waals surface area contributed by atoms with Crippen molar-refractivity contribution in [2.24, 2.45) is 0 Å². The van der Waals surface area contributed by atoms with Gasteiger partial charge in [0.2, 0.25) is 0 Å². The summed E-state index contributed by atoms with van der Waals surface area (Å²) in [6.07, 6.45) is 4.97. The molecule has 0 fully saturated rings. The van der Waals surface area contributed by atoms with Gasteiger partial charge in [-0.3, -0.25) is 0 Å². The fraction of sp³-hybridized carbons (Fsp3) is 0.444. The fourth-order valence-corrected chi connectivity index (χ4v) is 2.19. The standard InChI is InChI=1S/C9H12N4OS/c14-3-1-2-4-15-9-7-8(11-5-10-7)12-6-13-9/h5-6,14H,1-4H2,(H,10,11,12,13). The number of aliphatic hydroxyl groups excluding tert-OH is 1. The Labute approximate surface area is 91.4 Å². The number of thioether (sulfide) groups is 1. The molecule has 0 bridgehead atoms. The Balaban J connectivity index is 2.04. The molecule has 5 nitrogen and oxygen atoms in total. The highest BCUT2D eigenvalue weighted by Gasteiger charge is 2.05. The minimum Gasteiger partial charge on any atom is -0.396 e. The molecule has 0 spiro atoms. The summed E-state index contributed by atoms with van der Waals surface area (Å²) in [4.78, 5) is 15.3. The van der Waals surface area contributed by atoms with Crippen molar-refractivity contribution >= 4 is 22.9 Å². The van der Waals surface area contributed by atoms with Crippen molar-refractivity contribution in [1.29, 1.82) is 0 Å². The smallest absolute Gasteiger partial charge is 0.181 e. The van der Waals surface area contributed by atoms with Gasteiger partial charge < -0.3 is 10.1 Å². The van der Waals surface area contributed by atoms with E-state index in [0.29, 0.717) is 5.65 Å². The molecule has 0 aliphatic carbocycles. The van der Waals surface area contributed by atoms with Gasteiger partial charge in [0.1, 0.15) is 16.9 Å². The third kappa shape index (κ3) is 2.45. The monoisotopic (exact) mass is 224 g/mol. The molecule has 15 heavy (non-hydrogen) atoms. The summed E-state index contributed by atoms with van der Waals surface area (Å²) >= 11 is 1.66. The number of aromatic nitrogens is 4. The molecule has 0 saturated heterocycles. The van der Waals surface area contributed by atoms with E-state index in [0.717, 1.165) is 29.1 Å². The van der Waals surface area contributed by atoms with Gasteiger partial charge in [-0.1, -0.05) is 0 Å². The first-order valence-electron chi connectivity index (χ1n) is 4.79. The highest BCUT2D eigenvalue weighted by atomic mass is 32.2. The zero-order valence-electron chi connectivity index (χ0n) is 8.18. The van der Waals surface area contributed by atoms with Crippen LogP contribution in [-0.2, 0) is 0 Å². The van der Waals surface area contributed by atoms with Crippen LogP contribution in [0.25, 0.3) is 11.2 Å². The van der Waals surface area contributed by atoms with Gasteiger partial charge in [0.15, 0.2) is 5.65 Å². The molecule has 80 valence electrons. The molecule has 2 aromatic heterocycles. The zero-order valence-corrected chi connectivity index (χ0v) is 9.00. The number of hydrogen-bond donors (Lipinski definition) is 2. The SMILES string of the molecule is OCCCCSc1ncnc2nc[nH]c12. The quantitative estimate of drug-likeness (QED) is 0.454. The van der Waals surface area contributed by atoms with Crippen LogP contribution >= 0.6 is 11.8 Å². The number of aromatic amines is 1. The molecule has 2 heterocycles. The van der Waals surface area contributed by atoms with E-state index >= 15 is 0 Å². The topological polar surface area (TPSA) is 74.7 Å². The molecular formula is C9H12N4OS. The van der Waals surface area contributed by atoms with E-state index in [1.165, 1.54) is 6.33 Å².